The van der Waals surface area contributed by atoms with Gasteiger partial charge in [0.05, 0.1) is 26.2 Å². The molecule has 3 rings (SSSR count). The summed E-state index contributed by atoms with van der Waals surface area (Å²) < 4.78 is 38.9. The van der Waals surface area contributed by atoms with Crippen molar-refractivity contribution in [1.29, 1.82) is 0 Å². The Bertz CT molecular complexity index is 1160. The lowest BCUT2D eigenvalue weighted by atomic mass is 10.1. The average Bonchev–Trinajstić information content (AvgIpc) is 3.26. The number of hydrogen-bond donors (Lipinski definition) is 1. The molecule has 0 saturated carbocycles. The van der Waals surface area contributed by atoms with Crippen molar-refractivity contribution in [1.82, 2.24) is 4.90 Å². The van der Waals surface area contributed by atoms with E-state index in [9.17, 15) is 13.2 Å². The van der Waals surface area contributed by atoms with E-state index in [2.05, 4.69) is 5.32 Å². The molecule has 2 aromatic carbocycles. The average molecular weight is 459 g/mol. The van der Waals surface area contributed by atoms with Gasteiger partial charge in [-0.25, -0.2) is 4.79 Å². The number of para-hydroxylation sites is 1. The zero-order valence-corrected chi connectivity index (χ0v) is 19.0. The maximum atomic E-state index is 13.2. The van der Waals surface area contributed by atoms with Crippen molar-refractivity contribution in [3.63, 3.8) is 0 Å². The summed E-state index contributed by atoms with van der Waals surface area (Å²) in [4.78, 5) is 14.7. The van der Waals surface area contributed by atoms with Gasteiger partial charge in [0.2, 0.25) is 0 Å². The number of carbonyl (C=O) groups is 1. The third kappa shape index (κ3) is 6.27. The molecule has 0 unspecified atom stereocenters. The number of nitrogens with one attached hydrogen (secondary N) is 1. The van der Waals surface area contributed by atoms with E-state index in [-0.39, 0.29) is 30.6 Å². The zero-order valence-electron chi connectivity index (χ0n) is 18.2. The molecule has 0 spiro atoms. The van der Waals surface area contributed by atoms with Crippen LogP contribution in [0.1, 0.15) is 23.8 Å². The van der Waals surface area contributed by atoms with Crippen LogP contribution >= 0.6 is 0 Å². The van der Waals surface area contributed by atoms with Crippen LogP contribution in [0, 0.1) is 0 Å². The molecule has 9 heteroatoms. The van der Waals surface area contributed by atoms with E-state index in [1.807, 2.05) is 31.2 Å². The first-order valence-corrected chi connectivity index (χ1v) is 11.8. The molecule has 1 aromatic heterocycles. The maximum absolute atomic E-state index is 13.2. The first-order valence-electron chi connectivity index (χ1n) is 10.0. The Morgan fingerprint density at radius 2 is 1.84 bits per heavy atom. The second kappa shape index (κ2) is 10.2. The van der Waals surface area contributed by atoms with E-state index < -0.39 is 10.1 Å². The van der Waals surface area contributed by atoms with Gasteiger partial charge < -0.3 is 23.6 Å². The molecule has 170 valence electrons. The minimum atomic E-state index is -3.75. The number of hydrogen-bond acceptors (Lipinski definition) is 6. The fraction of sp³-hybridized carbons (Fsp3) is 0.261. The Balaban J connectivity index is 1.87. The number of aryl methyl sites for hydroxylation is 1. The Kier molecular flexibility index (Phi) is 7.42. The van der Waals surface area contributed by atoms with Crippen LogP contribution < -0.4 is 14.2 Å². The Morgan fingerprint density at radius 1 is 1.06 bits per heavy atom. The number of urea groups is 1. The van der Waals surface area contributed by atoms with Crippen molar-refractivity contribution in [2.45, 2.75) is 26.4 Å². The minimum Gasteiger partial charge on any atom is -0.493 e. The molecule has 8 nitrogen and oxygen atoms in total. The summed E-state index contributed by atoms with van der Waals surface area (Å²) in [6.07, 6.45) is 3.28. The number of carbonyl (C=O) groups excluding carboxylic acids is 1. The lowest BCUT2D eigenvalue weighted by Crippen LogP contribution is -2.34. The molecule has 32 heavy (non-hydrogen) atoms. The molecule has 0 fully saturated rings. The Labute approximate surface area is 187 Å². The second-order valence-corrected chi connectivity index (χ2v) is 8.72. The van der Waals surface area contributed by atoms with Crippen molar-refractivity contribution < 1.29 is 26.5 Å². The van der Waals surface area contributed by atoms with E-state index in [1.54, 1.807) is 41.5 Å². The summed E-state index contributed by atoms with van der Waals surface area (Å²) in [5.74, 6) is 0.949. The van der Waals surface area contributed by atoms with Gasteiger partial charge in [0, 0.05) is 12.2 Å². The molecule has 0 aliphatic rings. The molecule has 0 saturated heterocycles. The minimum absolute atomic E-state index is 0.0576. The fourth-order valence-electron chi connectivity index (χ4n) is 3.20. The van der Waals surface area contributed by atoms with Gasteiger partial charge in [0.1, 0.15) is 5.76 Å². The number of ether oxygens (including phenoxy) is 1. The summed E-state index contributed by atoms with van der Waals surface area (Å²) in [6, 6.07) is 15.7. The van der Waals surface area contributed by atoms with Crippen LogP contribution in [0.4, 0.5) is 10.5 Å². The van der Waals surface area contributed by atoms with Crippen molar-refractivity contribution in [3.8, 4) is 11.5 Å². The lowest BCUT2D eigenvalue weighted by molar-refractivity contribution is 0.201. The number of anilines is 1. The third-order valence-corrected chi connectivity index (χ3v) is 5.18. The summed E-state index contributed by atoms with van der Waals surface area (Å²) >= 11 is 0. The number of rotatable bonds is 9. The first kappa shape index (κ1) is 23.2. The lowest BCUT2D eigenvalue weighted by Gasteiger charge is -2.23. The van der Waals surface area contributed by atoms with Crippen molar-refractivity contribution in [2.24, 2.45) is 0 Å². The molecule has 1 N–H and O–H groups in total. The number of methoxy groups -OCH3 is 1. The molecule has 2 amide bonds. The standard InChI is InChI=1S/C23H26N2O6S/c1-4-18-8-5-6-10-20(18)24-23(26)25(16-19-9-7-13-30-19)15-17-11-12-21(29-2)22(14-17)31-32(3,27)28/h5-14H,4,15-16H2,1-3H3,(H,24,26). The highest BCUT2D eigenvalue weighted by Gasteiger charge is 2.19. The SMILES string of the molecule is CCc1ccccc1NC(=O)N(Cc1ccc(OC)c(OS(C)(=O)=O)c1)Cc1ccco1. The van der Waals surface area contributed by atoms with E-state index in [1.165, 1.54) is 7.11 Å². The van der Waals surface area contributed by atoms with Crippen LogP contribution in [0.5, 0.6) is 11.5 Å². The topological polar surface area (TPSA) is 98.1 Å². The van der Waals surface area contributed by atoms with Gasteiger partial charge in [-0.3, -0.25) is 0 Å². The van der Waals surface area contributed by atoms with Crippen LogP contribution in [-0.4, -0.2) is 32.7 Å². The predicted octanol–water partition coefficient (Wildman–Crippen LogP) is 4.42. The van der Waals surface area contributed by atoms with Gasteiger partial charge in [-0.2, -0.15) is 8.42 Å². The maximum Gasteiger partial charge on any atom is 0.322 e. The summed E-state index contributed by atoms with van der Waals surface area (Å²) in [6.45, 7) is 2.43. The smallest absolute Gasteiger partial charge is 0.322 e. The summed E-state index contributed by atoms with van der Waals surface area (Å²) in [5, 5.41) is 2.96. The van der Waals surface area contributed by atoms with Crippen LogP contribution in [-0.2, 0) is 29.6 Å². The summed E-state index contributed by atoms with van der Waals surface area (Å²) in [5.41, 5.74) is 2.42. The molecule has 0 bridgehead atoms. The monoisotopic (exact) mass is 458 g/mol. The van der Waals surface area contributed by atoms with Crippen molar-refractivity contribution in [3.05, 3.63) is 77.7 Å². The van der Waals surface area contributed by atoms with Gasteiger partial charge in [-0.1, -0.05) is 31.2 Å². The highest BCUT2D eigenvalue weighted by atomic mass is 32.2. The number of benzene rings is 2. The second-order valence-electron chi connectivity index (χ2n) is 7.15. The van der Waals surface area contributed by atoms with Gasteiger partial charge in [0.15, 0.2) is 11.5 Å². The summed E-state index contributed by atoms with van der Waals surface area (Å²) in [7, 11) is -2.33. The molecular formula is C23H26N2O6S. The van der Waals surface area contributed by atoms with Crippen LogP contribution in [0.2, 0.25) is 0 Å². The molecule has 0 atom stereocenters. The van der Waals surface area contributed by atoms with E-state index in [0.29, 0.717) is 11.3 Å². The zero-order chi connectivity index (χ0) is 23.1. The predicted molar refractivity (Wildman–Crippen MR) is 121 cm³/mol. The largest absolute Gasteiger partial charge is 0.493 e. The van der Waals surface area contributed by atoms with Gasteiger partial charge in [-0.05, 0) is 47.9 Å². The highest BCUT2D eigenvalue weighted by Crippen LogP contribution is 2.30. The van der Waals surface area contributed by atoms with Gasteiger partial charge in [0.25, 0.3) is 0 Å². The number of amides is 2. The molecule has 3 aromatic rings. The van der Waals surface area contributed by atoms with Crippen molar-refractivity contribution >= 4 is 21.8 Å². The van der Waals surface area contributed by atoms with Crippen LogP contribution in [0.15, 0.2) is 65.3 Å². The van der Waals surface area contributed by atoms with E-state index >= 15 is 0 Å². The quantitative estimate of drug-likeness (QED) is 0.477. The highest BCUT2D eigenvalue weighted by molar-refractivity contribution is 7.86. The number of furan rings is 1. The normalized spacial score (nSPS) is 11.1. The van der Waals surface area contributed by atoms with Gasteiger partial charge in [-0.15, -0.1) is 0 Å². The molecular weight excluding hydrogens is 432 g/mol. The van der Waals surface area contributed by atoms with E-state index in [0.717, 1.165) is 23.9 Å². The number of nitrogens with zero attached hydrogens (tertiary/aromatic N) is 1. The van der Waals surface area contributed by atoms with Crippen LogP contribution in [0.25, 0.3) is 0 Å². The van der Waals surface area contributed by atoms with Crippen LogP contribution in [0.3, 0.4) is 0 Å². The molecule has 0 aliphatic heterocycles. The van der Waals surface area contributed by atoms with E-state index in [4.69, 9.17) is 13.3 Å². The first-order chi connectivity index (χ1) is 15.3. The fourth-order valence-corrected chi connectivity index (χ4v) is 3.66. The Hall–Kier alpha value is -3.46. The van der Waals surface area contributed by atoms with Gasteiger partial charge >= 0.3 is 16.1 Å². The molecule has 0 aliphatic carbocycles. The Morgan fingerprint density at radius 3 is 2.50 bits per heavy atom. The third-order valence-electron chi connectivity index (χ3n) is 4.70. The van der Waals surface area contributed by atoms with Crippen molar-refractivity contribution in [2.75, 3.05) is 18.7 Å². The molecule has 1 heterocycles. The molecule has 0 radical (unpaired) electrons.